The summed E-state index contributed by atoms with van der Waals surface area (Å²) >= 11 is 0. The van der Waals surface area contributed by atoms with Crippen molar-refractivity contribution in [2.24, 2.45) is 0 Å². The van der Waals surface area contributed by atoms with E-state index in [9.17, 15) is 18.0 Å². The Kier molecular flexibility index (Phi) is 3.06. The lowest BCUT2D eigenvalue weighted by molar-refractivity contribution is -0.136. The highest BCUT2D eigenvalue weighted by Gasteiger charge is 2.35. The monoisotopic (exact) mass is 270 g/mol. The van der Waals surface area contributed by atoms with E-state index in [1.807, 2.05) is 6.07 Å². The minimum Gasteiger partial charge on any atom is -0.307 e. The number of rotatable bonds is 2. The molecular weight excluding hydrogens is 261 g/mol. The van der Waals surface area contributed by atoms with Crippen LogP contribution in [0.4, 0.5) is 13.2 Å². The van der Waals surface area contributed by atoms with Crippen LogP contribution in [0.3, 0.4) is 0 Å². The Labute approximate surface area is 105 Å². The maximum Gasteiger partial charge on any atom is 0.417 e. The number of hydrogen-bond acceptors (Lipinski definition) is 3. The van der Waals surface area contributed by atoms with Crippen molar-refractivity contribution in [2.45, 2.75) is 26.1 Å². The molecule has 2 rings (SSSR count). The number of aromatic nitrogens is 3. The van der Waals surface area contributed by atoms with E-state index >= 15 is 0 Å². The number of aromatic amines is 1. The van der Waals surface area contributed by atoms with E-state index in [0.29, 0.717) is 6.07 Å². The van der Waals surface area contributed by atoms with Gasteiger partial charge in [-0.15, -0.1) is 0 Å². The Morgan fingerprint density at radius 3 is 2.79 bits per heavy atom. The molecule has 0 bridgehead atoms. The highest BCUT2D eigenvalue weighted by Crippen LogP contribution is 2.34. The van der Waals surface area contributed by atoms with Crippen molar-refractivity contribution in [1.82, 2.24) is 14.8 Å². The maximum absolute atomic E-state index is 12.9. The molecule has 5 nitrogen and oxygen atoms in total. The lowest BCUT2D eigenvalue weighted by Crippen LogP contribution is -2.15. The van der Waals surface area contributed by atoms with Gasteiger partial charge in [0.25, 0.3) is 0 Å². The van der Waals surface area contributed by atoms with E-state index in [1.54, 1.807) is 0 Å². The molecule has 100 valence electrons. The summed E-state index contributed by atoms with van der Waals surface area (Å²) in [7, 11) is 0. The zero-order valence-corrected chi connectivity index (χ0v) is 9.88. The van der Waals surface area contributed by atoms with Gasteiger partial charge in [-0.2, -0.15) is 23.5 Å². The van der Waals surface area contributed by atoms with Gasteiger partial charge in [-0.25, -0.2) is 4.68 Å². The number of nitriles is 1. The zero-order valence-electron chi connectivity index (χ0n) is 9.88. The van der Waals surface area contributed by atoms with Crippen LogP contribution < -0.4 is 5.56 Å². The Morgan fingerprint density at radius 1 is 1.53 bits per heavy atom. The first-order valence-corrected chi connectivity index (χ1v) is 5.39. The van der Waals surface area contributed by atoms with E-state index in [4.69, 9.17) is 5.26 Å². The largest absolute Gasteiger partial charge is 0.417 e. The molecule has 0 aliphatic carbocycles. The van der Waals surface area contributed by atoms with Crippen molar-refractivity contribution >= 4 is 11.0 Å². The number of fused-ring (bicyclic) bond motifs is 1. The summed E-state index contributed by atoms with van der Waals surface area (Å²) in [6.45, 7) is 1.55. The SMILES string of the molecule is Cc1nn(CCC#N)c2[nH]c(=O)cc(C(F)(F)F)c12. The smallest absolute Gasteiger partial charge is 0.307 e. The molecule has 0 saturated carbocycles. The fourth-order valence-electron chi connectivity index (χ4n) is 1.93. The van der Waals surface area contributed by atoms with Crippen molar-refractivity contribution in [3.8, 4) is 6.07 Å². The first kappa shape index (κ1) is 13.1. The van der Waals surface area contributed by atoms with E-state index in [-0.39, 0.29) is 29.7 Å². The molecule has 2 aromatic rings. The van der Waals surface area contributed by atoms with Crippen LogP contribution >= 0.6 is 0 Å². The minimum absolute atomic E-state index is 0.00688. The highest BCUT2D eigenvalue weighted by molar-refractivity contribution is 5.82. The summed E-state index contributed by atoms with van der Waals surface area (Å²) in [5, 5.41) is 12.3. The third kappa shape index (κ3) is 2.31. The molecule has 2 heterocycles. The van der Waals surface area contributed by atoms with Crippen LogP contribution in [0.2, 0.25) is 0 Å². The normalized spacial score (nSPS) is 11.7. The number of hydrogen-bond donors (Lipinski definition) is 1. The van der Waals surface area contributed by atoms with Crippen LogP contribution in [-0.4, -0.2) is 14.8 Å². The fraction of sp³-hybridized carbons (Fsp3) is 0.364. The zero-order chi connectivity index (χ0) is 14.2. The Bertz CT molecular complexity index is 720. The second-order valence-electron chi connectivity index (χ2n) is 3.99. The van der Waals surface area contributed by atoms with Crippen LogP contribution in [0.25, 0.3) is 11.0 Å². The van der Waals surface area contributed by atoms with Crippen molar-refractivity contribution in [2.75, 3.05) is 0 Å². The van der Waals surface area contributed by atoms with Crippen molar-refractivity contribution < 1.29 is 13.2 Å². The van der Waals surface area contributed by atoms with Gasteiger partial charge in [0.15, 0.2) is 0 Å². The molecule has 8 heteroatoms. The molecule has 0 aliphatic heterocycles. The summed E-state index contributed by atoms with van der Waals surface area (Å²) in [4.78, 5) is 13.7. The van der Waals surface area contributed by atoms with Gasteiger partial charge in [0, 0.05) is 6.07 Å². The Morgan fingerprint density at radius 2 is 2.21 bits per heavy atom. The predicted octanol–water partition coefficient (Wildman–Crippen LogP) is 1.97. The standard InChI is InChI=1S/C11H9F3N4O/c1-6-9-7(11(12,13)14)5-8(19)16-10(9)18(17-6)4-2-3-15/h5H,2,4H2,1H3,(H,16,19). The van der Waals surface area contributed by atoms with Crippen molar-refractivity contribution in [3.63, 3.8) is 0 Å². The van der Waals surface area contributed by atoms with E-state index in [0.717, 1.165) is 0 Å². The molecule has 0 radical (unpaired) electrons. The van der Waals surface area contributed by atoms with Crippen molar-refractivity contribution in [3.05, 3.63) is 27.7 Å². The van der Waals surface area contributed by atoms with Gasteiger partial charge in [0.05, 0.1) is 35.7 Å². The number of pyridine rings is 1. The molecule has 0 amide bonds. The van der Waals surface area contributed by atoms with Gasteiger partial charge in [-0.05, 0) is 6.92 Å². The molecule has 1 N–H and O–H groups in total. The summed E-state index contributed by atoms with van der Waals surface area (Å²) in [6.07, 6.45) is -4.53. The molecule has 0 aliphatic rings. The third-order valence-electron chi connectivity index (χ3n) is 2.65. The Balaban J connectivity index is 2.77. The van der Waals surface area contributed by atoms with Crippen LogP contribution in [0.5, 0.6) is 0 Å². The molecular formula is C11H9F3N4O. The number of nitrogens with zero attached hydrogens (tertiary/aromatic N) is 3. The fourth-order valence-corrected chi connectivity index (χ4v) is 1.93. The van der Waals surface area contributed by atoms with Gasteiger partial charge in [0.2, 0.25) is 5.56 Å². The van der Waals surface area contributed by atoms with Crippen LogP contribution in [-0.2, 0) is 12.7 Å². The van der Waals surface area contributed by atoms with Gasteiger partial charge < -0.3 is 4.98 Å². The number of alkyl halides is 3. The summed E-state index contributed by atoms with van der Waals surface area (Å²) in [5.41, 5.74) is -1.70. The number of halogens is 3. The average Bonchev–Trinajstić information content (AvgIpc) is 2.61. The second-order valence-corrected chi connectivity index (χ2v) is 3.99. The van der Waals surface area contributed by atoms with Crippen LogP contribution in [0.15, 0.2) is 10.9 Å². The minimum atomic E-state index is -4.62. The van der Waals surface area contributed by atoms with Gasteiger partial charge in [0.1, 0.15) is 5.65 Å². The van der Waals surface area contributed by atoms with Crippen LogP contribution in [0, 0.1) is 18.3 Å². The van der Waals surface area contributed by atoms with Crippen LogP contribution in [0.1, 0.15) is 17.7 Å². The molecule has 19 heavy (non-hydrogen) atoms. The first-order valence-electron chi connectivity index (χ1n) is 5.39. The Hall–Kier alpha value is -2.30. The quantitative estimate of drug-likeness (QED) is 0.906. The average molecular weight is 270 g/mol. The molecule has 0 atom stereocenters. The number of H-pyrrole nitrogens is 1. The number of aryl methyl sites for hydroxylation is 2. The summed E-state index contributed by atoms with van der Waals surface area (Å²) in [6, 6.07) is 2.39. The highest BCUT2D eigenvalue weighted by atomic mass is 19.4. The predicted molar refractivity (Wildman–Crippen MR) is 60.3 cm³/mol. The molecule has 0 aromatic carbocycles. The van der Waals surface area contributed by atoms with E-state index < -0.39 is 17.3 Å². The third-order valence-corrected chi connectivity index (χ3v) is 2.65. The first-order chi connectivity index (χ1) is 8.84. The molecule has 0 unspecified atom stereocenters. The summed E-state index contributed by atoms with van der Waals surface area (Å²) < 4.78 is 39.9. The number of nitrogens with one attached hydrogen (secondary N) is 1. The lowest BCUT2D eigenvalue weighted by atomic mass is 10.1. The maximum atomic E-state index is 12.9. The summed E-state index contributed by atoms with van der Waals surface area (Å²) in [5.74, 6) is 0. The topological polar surface area (TPSA) is 74.5 Å². The van der Waals surface area contributed by atoms with Gasteiger partial charge in [-0.3, -0.25) is 4.79 Å². The van der Waals surface area contributed by atoms with Gasteiger partial charge >= 0.3 is 6.18 Å². The molecule has 0 fully saturated rings. The van der Waals surface area contributed by atoms with E-state index in [2.05, 4.69) is 10.1 Å². The molecule has 2 aromatic heterocycles. The van der Waals surface area contributed by atoms with Gasteiger partial charge in [-0.1, -0.05) is 0 Å². The molecule has 0 spiro atoms. The lowest BCUT2D eigenvalue weighted by Gasteiger charge is -2.08. The van der Waals surface area contributed by atoms with Crippen molar-refractivity contribution in [1.29, 1.82) is 5.26 Å². The second kappa shape index (κ2) is 4.42. The molecule has 0 saturated heterocycles. The van der Waals surface area contributed by atoms with E-state index in [1.165, 1.54) is 11.6 Å².